The molecule has 11 heavy (non-hydrogen) atoms. The predicted octanol–water partition coefficient (Wildman–Crippen LogP) is 0.277. The van der Waals surface area contributed by atoms with Gasteiger partial charge in [0.1, 0.15) is 6.23 Å². The van der Waals surface area contributed by atoms with Gasteiger partial charge in [-0.05, 0) is 6.92 Å². The largest absolute Gasteiger partial charge is 0.367 e. The van der Waals surface area contributed by atoms with Crippen LogP contribution in [0.1, 0.15) is 13.3 Å². The van der Waals surface area contributed by atoms with Crippen molar-refractivity contribution < 1.29 is 4.74 Å². The average Bonchev–Trinajstić information content (AvgIpc) is 1.95. The van der Waals surface area contributed by atoms with Gasteiger partial charge in [0.2, 0.25) is 0 Å². The second-order valence-electron chi connectivity index (χ2n) is 3.31. The maximum absolute atomic E-state index is 5.99. The maximum atomic E-state index is 5.99. The summed E-state index contributed by atoms with van der Waals surface area (Å²) < 4.78 is 5.13. The third kappa shape index (κ3) is 2.06. The summed E-state index contributed by atoms with van der Waals surface area (Å²) >= 11 is 5.99. The van der Waals surface area contributed by atoms with Gasteiger partial charge in [-0.2, -0.15) is 0 Å². The molecule has 1 aliphatic rings. The van der Waals surface area contributed by atoms with E-state index in [0.717, 1.165) is 6.42 Å². The van der Waals surface area contributed by atoms with Gasteiger partial charge >= 0.3 is 0 Å². The van der Waals surface area contributed by atoms with Gasteiger partial charge < -0.3 is 10.5 Å². The van der Waals surface area contributed by atoms with Crippen molar-refractivity contribution in [2.75, 3.05) is 13.7 Å². The molecular formula is C7H15ClN2O. The Kier molecular flexibility index (Phi) is 2.75. The second kappa shape index (κ2) is 3.27. The van der Waals surface area contributed by atoms with Gasteiger partial charge in [-0.15, -0.1) is 11.6 Å². The maximum Gasteiger partial charge on any atom is 0.109 e. The predicted molar refractivity (Wildman–Crippen MR) is 45.7 cm³/mol. The molecule has 0 aromatic heterocycles. The van der Waals surface area contributed by atoms with Gasteiger partial charge in [-0.1, -0.05) is 0 Å². The zero-order valence-electron chi connectivity index (χ0n) is 6.93. The number of methoxy groups -OCH3 is 1. The standard InChI is InChI=1S/C7H15ClN2O/c1-7(9)3-6(11-2)10-4-5(7)8/h5-6,10H,3-4,9H2,1-2H3. The van der Waals surface area contributed by atoms with Crippen molar-refractivity contribution in [2.45, 2.75) is 30.5 Å². The summed E-state index contributed by atoms with van der Waals surface area (Å²) in [5.74, 6) is 0. The van der Waals surface area contributed by atoms with Gasteiger partial charge in [-0.25, -0.2) is 0 Å². The van der Waals surface area contributed by atoms with Crippen LogP contribution in [0.4, 0.5) is 0 Å². The summed E-state index contributed by atoms with van der Waals surface area (Å²) in [4.78, 5) is 0. The number of hydrogen-bond acceptors (Lipinski definition) is 3. The first kappa shape index (κ1) is 9.26. The molecule has 0 aliphatic carbocycles. The first-order chi connectivity index (χ1) is 5.06. The minimum atomic E-state index is -0.312. The molecule has 3 unspecified atom stereocenters. The summed E-state index contributed by atoms with van der Waals surface area (Å²) in [5.41, 5.74) is 5.62. The van der Waals surface area contributed by atoms with Crippen molar-refractivity contribution in [2.24, 2.45) is 5.73 Å². The van der Waals surface area contributed by atoms with E-state index in [-0.39, 0.29) is 17.1 Å². The molecule has 1 rings (SSSR count). The van der Waals surface area contributed by atoms with Crippen LogP contribution in [0.15, 0.2) is 0 Å². The number of hydrogen-bond donors (Lipinski definition) is 2. The van der Waals surface area contributed by atoms with Crippen LogP contribution in [0.2, 0.25) is 0 Å². The fourth-order valence-corrected chi connectivity index (χ4v) is 1.41. The molecule has 0 aromatic carbocycles. The summed E-state index contributed by atoms with van der Waals surface area (Å²) in [6.07, 6.45) is 0.817. The van der Waals surface area contributed by atoms with E-state index in [1.807, 2.05) is 6.92 Å². The molecule has 0 saturated carbocycles. The zero-order valence-corrected chi connectivity index (χ0v) is 7.69. The highest BCUT2D eigenvalue weighted by Gasteiger charge is 2.35. The number of rotatable bonds is 1. The van der Waals surface area contributed by atoms with Crippen molar-refractivity contribution >= 4 is 11.6 Å². The summed E-state index contributed by atoms with van der Waals surface area (Å²) in [6.45, 7) is 2.67. The minimum Gasteiger partial charge on any atom is -0.367 e. The third-order valence-corrected chi connectivity index (χ3v) is 2.80. The highest BCUT2D eigenvalue weighted by Crippen LogP contribution is 2.22. The molecule has 4 heteroatoms. The van der Waals surface area contributed by atoms with Crippen LogP contribution < -0.4 is 11.1 Å². The van der Waals surface area contributed by atoms with Gasteiger partial charge in [0.15, 0.2) is 0 Å². The van der Waals surface area contributed by atoms with Crippen molar-refractivity contribution in [3.05, 3.63) is 0 Å². The highest BCUT2D eigenvalue weighted by molar-refractivity contribution is 6.21. The number of halogens is 1. The van der Waals surface area contributed by atoms with Crippen molar-refractivity contribution in [1.29, 1.82) is 0 Å². The lowest BCUT2D eigenvalue weighted by molar-refractivity contribution is 0.0303. The van der Waals surface area contributed by atoms with Crippen molar-refractivity contribution in [3.8, 4) is 0 Å². The van der Waals surface area contributed by atoms with E-state index in [2.05, 4.69) is 5.32 Å². The van der Waals surface area contributed by atoms with Crippen LogP contribution in [-0.2, 0) is 4.74 Å². The molecule has 66 valence electrons. The lowest BCUT2D eigenvalue weighted by atomic mass is 9.90. The Labute approximate surface area is 72.2 Å². The van der Waals surface area contributed by atoms with E-state index in [0.29, 0.717) is 6.54 Å². The Morgan fingerprint density at radius 2 is 2.36 bits per heavy atom. The quantitative estimate of drug-likeness (QED) is 0.567. The smallest absolute Gasteiger partial charge is 0.109 e. The topological polar surface area (TPSA) is 47.3 Å². The van der Waals surface area contributed by atoms with E-state index in [4.69, 9.17) is 22.1 Å². The molecule has 0 radical (unpaired) electrons. The number of nitrogens with one attached hydrogen (secondary N) is 1. The molecular weight excluding hydrogens is 164 g/mol. The molecule has 1 fully saturated rings. The van der Waals surface area contributed by atoms with E-state index >= 15 is 0 Å². The van der Waals surface area contributed by atoms with Gasteiger partial charge in [0.05, 0.1) is 5.38 Å². The third-order valence-electron chi connectivity index (χ3n) is 2.15. The Bertz CT molecular complexity index is 140. The van der Waals surface area contributed by atoms with Gasteiger partial charge in [0, 0.05) is 25.6 Å². The lowest BCUT2D eigenvalue weighted by Gasteiger charge is -2.38. The fraction of sp³-hybridized carbons (Fsp3) is 1.00. The normalized spacial score (nSPS) is 45.8. The van der Waals surface area contributed by atoms with Gasteiger partial charge in [-0.3, -0.25) is 5.32 Å². The van der Waals surface area contributed by atoms with E-state index < -0.39 is 0 Å². The molecule has 3 nitrogen and oxygen atoms in total. The monoisotopic (exact) mass is 178 g/mol. The number of nitrogens with two attached hydrogens (primary N) is 1. The van der Waals surface area contributed by atoms with Crippen LogP contribution in [0, 0.1) is 0 Å². The van der Waals surface area contributed by atoms with Crippen LogP contribution in [-0.4, -0.2) is 30.8 Å². The second-order valence-corrected chi connectivity index (χ2v) is 3.84. The molecule has 0 amide bonds. The molecule has 1 heterocycles. The number of alkyl halides is 1. The number of ether oxygens (including phenoxy) is 1. The van der Waals surface area contributed by atoms with Crippen LogP contribution >= 0.6 is 11.6 Å². The Morgan fingerprint density at radius 1 is 1.73 bits per heavy atom. The molecule has 0 bridgehead atoms. The van der Waals surface area contributed by atoms with E-state index in [1.54, 1.807) is 7.11 Å². The highest BCUT2D eigenvalue weighted by atomic mass is 35.5. The Hall–Kier alpha value is 0.170. The van der Waals surface area contributed by atoms with Crippen LogP contribution in [0.25, 0.3) is 0 Å². The minimum absolute atomic E-state index is 0.00565. The molecule has 3 N–H and O–H groups in total. The summed E-state index contributed by atoms with van der Waals surface area (Å²) in [7, 11) is 1.67. The lowest BCUT2D eigenvalue weighted by Crippen LogP contribution is -2.59. The van der Waals surface area contributed by atoms with Crippen LogP contribution in [0.3, 0.4) is 0 Å². The Morgan fingerprint density at radius 3 is 2.82 bits per heavy atom. The summed E-state index contributed by atoms with van der Waals surface area (Å²) in [6, 6.07) is 0. The van der Waals surface area contributed by atoms with Crippen molar-refractivity contribution in [1.82, 2.24) is 5.32 Å². The van der Waals surface area contributed by atoms with Crippen LogP contribution in [0.5, 0.6) is 0 Å². The average molecular weight is 179 g/mol. The SMILES string of the molecule is COC1CC(C)(N)C(Cl)CN1. The zero-order chi connectivity index (χ0) is 8.48. The van der Waals surface area contributed by atoms with E-state index in [9.17, 15) is 0 Å². The van der Waals surface area contributed by atoms with Gasteiger partial charge in [0.25, 0.3) is 0 Å². The first-order valence-electron chi connectivity index (χ1n) is 3.75. The molecule has 0 spiro atoms. The molecule has 1 saturated heterocycles. The molecule has 3 atom stereocenters. The number of piperidine rings is 1. The van der Waals surface area contributed by atoms with E-state index in [1.165, 1.54) is 0 Å². The Balaban J connectivity index is 2.52. The summed E-state index contributed by atoms with van der Waals surface area (Å²) in [5, 5.41) is 3.13. The van der Waals surface area contributed by atoms with Crippen molar-refractivity contribution in [3.63, 3.8) is 0 Å². The molecule has 1 aliphatic heterocycles. The molecule has 0 aromatic rings. The first-order valence-corrected chi connectivity index (χ1v) is 4.19. The fourth-order valence-electron chi connectivity index (χ4n) is 1.23.